The molecular weight excluding hydrogens is 270 g/mol. The van der Waals surface area contributed by atoms with Crippen LogP contribution >= 0.6 is 0 Å². The van der Waals surface area contributed by atoms with E-state index in [9.17, 15) is 14.4 Å². The molecule has 6 heteroatoms. The number of amides is 2. The van der Waals surface area contributed by atoms with E-state index in [1.165, 1.54) is 6.20 Å². The maximum Gasteiger partial charge on any atom is 0.257 e. The van der Waals surface area contributed by atoms with Crippen LogP contribution < -0.4 is 4.90 Å². The van der Waals surface area contributed by atoms with Crippen LogP contribution in [0.5, 0.6) is 0 Å². The lowest BCUT2D eigenvalue weighted by molar-refractivity contribution is -0.114. The van der Waals surface area contributed by atoms with Crippen LogP contribution in [0.15, 0.2) is 31.0 Å². The highest BCUT2D eigenvalue weighted by molar-refractivity contribution is 6.07. The first-order valence-electron chi connectivity index (χ1n) is 6.63. The minimum absolute atomic E-state index is 0.141. The molecule has 6 nitrogen and oxygen atoms in total. The van der Waals surface area contributed by atoms with E-state index in [0.717, 1.165) is 11.0 Å². The van der Waals surface area contributed by atoms with Crippen molar-refractivity contribution in [3.05, 3.63) is 36.5 Å². The highest BCUT2D eigenvalue weighted by Gasteiger charge is 2.23. The van der Waals surface area contributed by atoms with Crippen LogP contribution in [-0.2, 0) is 9.59 Å². The van der Waals surface area contributed by atoms with Crippen molar-refractivity contribution >= 4 is 23.9 Å². The number of anilines is 1. The molecule has 1 aromatic heterocycles. The molecule has 0 atom stereocenters. The average molecular weight is 288 g/mol. The molecule has 0 aliphatic carbocycles. The molecule has 0 fully saturated rings. The van der Waals surface area contributed by atoms with Crippen molar-refractivity contribution < 1.29 is 14.4 Å². The van der Waals surface area contributed by atoms with Gasteiger partial charge in [0.15, 0.2) is 0 Å². The van der Waals surface area contributed by atoms with E-state index in [1.807, 2.05) is 13.8 Å². The largest absolute Gasteiger partial charge is 0.339 e. The lowest BCUT2D eigenvalue weighted by Crippen LogP contribution is -2.36. The Morgan fingerprint density at radius 2 is 2.05 bits per heavy atom. The molecule has 1 rings (SSSR count). The van der Waals surface area contributed by atoms with Crippen LogP contribution in [0, 0.1) is 0 Å². The molecule has 0 N–H and O–H groups in total. The van der Waals surface area contributed by atoms with Gasteiger partial charge in [-0.15, -0.1) is 0 Å². The molecule has 0 unspecified atom stereocenters. The summed E-state index contributed by atoms with van der Waals surface area (Å²) in [6.07, 6.45) is 4.18. The Morgan fingerprint density at radius 1 is 1.38 bits per heavy atom. The second-order valence-corrected chi connectivity index (χ2v) is 4.12. The second-order valence-electron chi connectivity index (χ2n) is 4.12. The summed E-state index contributed by atoms with van der Waals surface area (Å²) in [5.41, 5.74) is 0.270. The van der Waals surface area contributed by atoms with Gasteiger partial charge in [0.2, 0.25) is 6.29 Å². The van der Waals surface area contributed by atoms with E-state index in [1.54, 1.807) is 23.3 Å². The normalized spacial score (nSPS) is 9.81. The minimum atomic E-state index is -0.509. The Morgan fingerprint density at radius 3 is 2.57 bits per heavy atom. The van der Waals surface area contributed by atoms with Gasteiger partial charge in [-0.2, -0.15) is 0 Å². The first-order valence-corrected chi connectivity index (χ1v) is 6.63. The van der Waals surface area contributed by atoms with E-state index < -0.39 is 5.91 Å². The number of rotatable bonds is 7. The van der Waals surface area contributed by atoms with E-state index in [4.69, 9.17) is 0 Å². The summed E-state index contributed by atoms with van der Waals surface area (Å²) >= 11 is 0. The zero-order valence-electron chi connectivity index (χ0n) is 12.2. The number of hydrogen-bond acceptors (Lipinski definition) is 4. The van der Waals surface area contributed by atoms with Crippen molar-refractivity contribution in [3.8, 4) is 0 Å². The average Bonchev–Trinajstić information content (AvgIpc) is 2.53. The monoisotopic (exact) mass is 288 g/mol. The Hall–Kier alpha value is -2.50. The van der Waals surface area contributed by atoms with Gasteiger partial charge in [-0.25, -0.2) is 4.98 Å². The molecule has 21 heavy (non-hydrogen) atoms. The molecule has 1 aromatic rings. The third kappa shape index (κ3) is 3.75. The molecule has 0 spiro atoms. The second kappa shape index (κ2) is 7.94. The van der Waals surface area contributed by atoms with Gasteiger partial charge < -0.3 is 4.90 Å². The van der Waals surface area contributed by atoms with Crippen LogP contribution in [0.2, 0.25) is 0 Å². The quantitative estimate of drug-likeness (QED) is 0.707. The van der Waals surface area contributed by atoms with Crippen LogP contribution in [0.3, 0.4) is 0 Å². The van der Waals surface area contributed by atoms with Crippen molar-refractivity contribution in [2.24, 2.45) is 0 Å². The van der Waals surface area contributed by atoms with E-state index in [-0.39, 0.29) is 23.8 Å². The smallest absolute Gasteiger partial charge is 0.257 e. The van der Waals surface area contributed by atoms with Gasteiger partial charge in [0, 0.05) is 19.3 Å². The maximum atomic E-state index is 12.5. The summed E-state index contributed by atoms with van der Waals surface area (Å²) < 4.78 is 0. The highest BCUT2D eigenvalue weighted by Crippen LogP contribution is 2.19. The fourth-order valence-electron chi connectivity index (χ4n) is 1.89. The van der Waals surface area contributed by atoms with Crippen LogP contribution in [-0.4, -0.2) is 47.6 Å². The van der Waals surface area contributed by atoms with E-state index >= 15 is 0 Å². The summed E-state index contributed by atoms with van der Waals surface area (Å²) in [5, 5.41) is 0. The van der Waals surface area contributed by atoms with Gasteiger partial charge in [0.05, 0.1) is 12.1 Å². The summed E-state index contributed by atoms with van der Waals surface area (Å²) in [6, 6.07) is 3.19. The Bertz CT molecular complexity index is 539. The van der Waals surface area contributed by atoms with Gasteiger partial charge in [-0.1, -0.05) is 6.58 Å². The Labute approximate surface area is 124 Å². The third-order valence-electron chi connectivity index (χ3n) is 2.99. The lowest BCUT2D eigenvalue weighted by Gasteiger charge is -2.23. The van der Waals surface area contributed by atoms with Gasteiger partial charge in [0.1, 0.15) is 5.82 Å². The summed E-state index contributed by atoms with van der Waals surface area (Å²) in [5.74, 6) is -0.607. The summed E-state index contributed by atoms with van der Waals surface area (Å²) in [4.78, 5) is 41.7. The standard InChI is InChI=1S/C15H18N3O3/c1-4-13(20)18(10-11-19)14-12(8-7-9-16-14)15(21)17(5-2)6-3/h4,7-9H,1,5-6,10H2,2-3H3. The number of aromatic nitrogens is 1. The number of hydrogen-bond donors (Lipinski definition) is 0. The third-order valence-corrected chi connectivity index (χ3v) is 2.99. The van der Waals surface area contributed by atoms with Crippen molar-refractivity contribution in [2.45, 2.75) is 13.8 Å². The van der Waals surface area contributed by atoms with Crippen LogP contribution in [0.25, 0.3) is 0 Å². The minimum Gasteiger partial charge on any atom is -0.339 e. The van der Waals surface area contributed by atoms with Crippen molar-refractivity contribution in [1.82, 2.24) is 9.88 Å². The van der Waals surface area contributed by atoms with Gasteiger partial charge >= 0.3 is 0 Å². The van der Waals surface area contributed by atoms with Gasteiger partial charge in [-0.3, -0.25) is 19.3 Å². The first-order chi connectivity index (χ1) is 10.1. The van der Waals surface area contributed by atoms with Crippen LogP contribution in [0.4, 0.5) is 5.82 Å². The topological polar surface area (TPSA) is 70.6 Å². The molecule has 0 aromatic carbocycles. The molecule has 0 saturated heterocycles. The molecule has 2 amide bonds. The summed E-state index contributed by atoms with van der Waals surface area (Å²) in [7, 11) is 0. The molecular formula is C15H18N3O3. The molecule has 0 bridgehead atoms. The summed E-state index contributed by atoms with van der Waals surface area (Å²) in [6.45, 7) is 7.89. The Balaban J connectivity index is 3.29. The molecule has 1 radical (unpaired) electrons. The molecule has 0 aliphatic rings. The van der Waals surface area contributed by atoms with Crippen LogP contribution in [0.1, 0.15) is 24.2 Å². The molecule has 1 heterocycles. The number of carbonyl (C=O) groups is 2. The van der Waals surface area contributed by atoms with Gasteiger partial charge in [0.25, 0.3) is 11.8 Å². The maximum absolute atomic E-state index is 12.5. The van der Waals surface area contributed by atoms with Crippen molar-refractivity contribution in [1.29, 1.82) is 0 Å². The highest BCUT2D eigenvalue weighted by atomic mass is 16.2. The first kappa shape index (κ1) is 16.6. The lowest BCUT2D eigenvalue weighted by atomic mass is 10.2. The number of nitrogens with zero attached hydrogens (tertiary/aromatic N) is 3. The van der Waals surface area contributed by atoms with Gasteiger partial charge in [-0.05, 0) is 32.1 Å². The van der Waals surface area contributed by atoms with E-state index in [0.29, 0.717) is 13.1 Å². The zero-order valence-corrected chi connectivity index (χ0v) is 12.2. The number of carbonyl (C=O) groups excluding carboxylic acids is 3. The molecule has 0 saturated carbocycles. The van der Waals surface area contributed by atoms with Crippen molar-refractivity contribution in [2.75, 3.05) is 24.5 Å². The number of pyridine rings is 1. The van der Waals surface area contributed by atoms with Crippen molar-refractivity contribution in [3.63, 3.8) is 0 Å². The van der Waals surface area contributed by atoms with E-state index in [2.05, 4.69) is 11.6 Å². The fraction of sp³-hybridized carbons (Fsp3) is 0.333. The predicted molar refractivity (Wildman–Crippen MR) is 79.7 cm³/mol. The molecule has 111 valence electrons. The zero-order chi connectivity index (χ0) is 15.8. The Kier molecular flexibility index (Phi) is 6.26. The predicted octanol–water partition coefficient (Wildman–Crippen LogP) is 1.19. The molecule has 0 aliphatic heterocycles. The fourth-order valence-corrected chi connectivity index (χ4v) is 1.89. The SMILES string of the molecule is C=CC(=O)N(C[C]=O)c1ncccc1C(=O)N(CC)CC.